The van der Waals surface area contributed by atoms with Gasteiger partial charge in [0.05, 0.1) is 11.4 Å². The number of aromatic nitrogens is 2. The summed E-state index contributed by atoms with van der Waals surface area (Å²) in [6, 6.07) is 17.6. The van der Waals surface area contributed by atoms with Crippen molar-refractivity contribution in [3.63, 3.8) is 0 Å². The first-order valence-electron chi connectivity index (χ1n) is 8.31. The van der Waals surface area contributed by atoms with E-state index in [1.54, 1.807) is 12.1 Å². The van der Waals surface area contributed by atoms with Crippen molar-refractivity contribution in [1.29, 1.82) is 0 Å². The molecule has 0 saturated carbocycles. The molecule has 0 radical (unpaired) electrons. The Kier molecular flexibility index (Phi) is 5.29. The van der Waals surface area contributed by atoms with E-state index >= 15 is 0 Å². The second-order valence-electron chi connectivity index (χ2n) is 5.97. The zero-order chi connectivity index (χ0) is 16.8. The first-order chi connectivity index (χ1) is 11.7. The summed E-state index contributed by atoms with van der Waals surface area (Å²) in [6.07, 6.45) is 4.19. The Hall–Kier alpha value is -2.59. The molecule has 0 spiro atoms. The van der Waals surface area contributed by atoms with Gasteiger partial charge >= 0.3 is 0 Å². The summed E-state index contributed by atoms with van der Waals surface area (Å²) in [4.78, 5) is 0. The monoisotopic (exact) mass is 321 g/mol. The minimum Gasteiger partial charge on any atom is -0.508 e. The molecule has 2 N–H and O–H groups in total. The van der Waals surface area contributed by atoms with E-state index in [2.05, 4.69) is 35.7 Å². The van der Waals surface area contributed by atoms with Crippen LogP contribution in [0.2, 0.25) is 0 Å². The zero-order valence-electron chi connectivity index (χ0n) is 13.9. The third kappa shape index (κ3) is 4.24. The van der Waals surface area contributed by atoms with Crippen LogP contribution in [0, 0.1) is 6.92 Å². The van der Waals surface area contributed by atoms with E-state index < -0.39 is 0 Å². The van der Waals surface area contributed by atoms with Crippen molar-refractivity contribution in [2.45, 2.75) is 26.3 Å². The topological polar surface area (TPSA) is 50.1 Å². The molecular weight excluding hydrogens is 298 g/mol. The molecule has 2 aromatic carbocycles. The largest absolute Gasteiger partial charge is 0.508 e. The van der Waals surface area contributed by atoms with Gasteiger partial charge in [0.15, 0.2) is 0 Å². The number of phenols is 1. The molecule has 0 aliphatic rings. The van der Waals surface area contributed by atoms with Crippen LogP contribution in [-0.2, 0) is 13.0 Å². The van der Waals surface area contributed by atoms with Gasteiger partial charge in [-0.15, -0.1) is 0 Å². The molecule has 0 bridgehead atoms. The molecule has 4 nitrogen and oxygen atoms in total. The molecule has 1 heterocycles. The van der Waals surface area contributed by atoms with E-state index in [1.165, 1.54) is 5.56 Å². The Bertz CT molecular complexity index is 781. The predicted molar refractivity (Wildman–Crippen MR) is 96.4 cm³/mol. The fourth-order valence-corrected chi connectivity index (χ4v) is 2.76. The zero-order valence-corrected chi connectivity index (χ0v) is 13.9. The minimum atomic E-state index is 0.318. The van der Waals surface area contributed by atoms with Gasteiger partial charge in [0.2, 0.25) is 0 Å². The first kappa shape index (κ1) is 16.3. The number of benzene rings is 2. The van der Waals surface area contributed by atoms with Crippen LogP contribution in [0.1, 0.15) is 23.2 Å². The quantitative estimate of drug-likeness (QED) is 0.654. The third-order valence-corrected chi connectivity index (χ3v) is 4.06. The molecule has 0 atom stereocenters. The Labute approximate surface area is 142 Å². The number of hydrogen-bond donors (Lipinski definition) is 2. The number of aryl methyl sites for hydroxylation is 2. The molecule has 0 aliphatic heterocycles. The maximum atomic E-state index is 9.45. The molecule has 1 aromatic heterocycles. The Balaban J connectivity index is 1.48. The normalized spacial score (nSPS) is 10.9. The molecule has 3 aromatic rings. The van der Waals surface area contributed by atoms with Gasteiger partial charge in [-0.3, -0.25) is 0 Å². The van der Waals surface area contributed by atoms with Crippen molar-refractivity contribution in [2.24, 2.45) is 0 Å². The van der Waals surface area contributed by atoms with Crippen molar-refractivity contribution >= 4 is 0 Å². The van der Waals surface area contributed by atoms with Crippen molar-refractivity contribution < 1.29 is 5.11 Å². The van der Waals surface area contributed by atoms with Crippen molar-refractivity contribution in [1.82, 2.24) is 15.1 Å². The third-order valence-electron chi connectivity index (χ3n) is 4.06. The highest BCUT2D eigenvalue weighted by atomic mass is 16.3. The highest BCUT2D eigenvalue weighted by molar-refractivity contribution is 5.32. The van der Waals surface area contributed by atoms with Crippen LogP contribution >= 0.6 is 0 Å². The standard InChI is InChI=1S/C20H23N3O/c1-16-18(15-23(22-16)19-9-3-2-4-10-19)8-6-12-21-14-17-7-5-11-20(24)13-17/h2-5,7,9-11,13,15,21,24H,6,8,12,14H2,1H3. The van der Waals surface area contributed by atoms with E-state index in [0.717, 1.165) is 42.9 Å². The molecule has 24 heavy (non-hydrogen) atoms. The van der Waals surface area contributed by atoms with Gasteiger partial charge in [-0.25, -0.2) is 4.68 Å². The van der Waals surface area contributed by atoms with Crippen molar-refractivity contribution in [3.8, 4) is 11.4 Å². The number of nitrogens with one attached hydrogen (secondary N) is 1. The van der Waals surface area contributed by atoms with E-state index in [0.29, 0.717) is 5.75 Å². The van der Waals surface area contributed by atoms with Gasteiger partial charge in [-0.05, 0) is 61.7 Å². The lowest BCUT2D eigenvalue weighted by atomic mass is 10.1. The van der Waals surface area contributed by atoms with Crippen LogP contribution in [-0.4, -0.2) is 21.4 Å². The summed E-state index contributed by atoms with van der Waals surface area (Å²) >= 11 is 0. The average Bonchev–Trinajstić information content (AvgIpc) is 2.96. The summed E-state index contributed by atoms with van der Waals surface area (Å²) in [7, 11) is 0. The van der Waals surface area contributed by atoms with Crippen LogP contribution in [0.4, 0.5) is 0 Å². The number of para-hydroxylation sites is 1. The highest BCUT2D eigenvalue weighted by Gasteiger charge is 2.06. The molecule has 4 heteroatoms. The highest BCUT2D eigenvalue weighted by Crippen LogP contribution is 2.13. The van der Waals surface area contributed by atoms with Crippen molar-refractivity contribution in [3.05, 3.63) is 77.6 Å². The number of nitrogens with zero attached hydrogens (tertiary/aromatic N) is 2. The van der Waals surface area contributed by atoms with Crippen molar-refractivity contribution in [2.75, 3.05) is 6.54 Å². The summed E-state index contributed by atoms with van der Waals surface area (Å²) in [5.41, 5.74) is 4.57. The minimum absolute atomic E-state index is 0.318. The molecule has 0 amide bonds. The van der Waals surface area contributed by atoms with Crippen LogP contribution in [0.15, 0.2) is 60.8 Å². The summed E-state index contributed by atoms with van der Waals surface area (Å²) in [6.45, 7) is 3.78. The molecule has 0 fully saturated rings. The molecule has 0 aliphatic carbocycles. The number of hydrogen-bond acceptors (Lipinski definition) is 3. The van der Waals surface area contributed by atoms with E-state index in [-0.39, 0.29) is 0 Å². The van der Waals surface area contributed by atoms with Crippen LogP contribution < -0.4 is 5.32 Å². The van der Waals surface area contributed by atoms with Crippen LogP contribution in [0.3, 0.4) is 0 Å². The fraction of sp³-hybridized carbons (Fsp3) is 0.250. The van der Waals surface area contributed by atoms with Gasteiger partial charge in [-0.1, -0.05) is 30.3 Å². The van der Waals surface area contributed by atoms with Crippen LogP contribution in [0.5, 0.6) is 5.75 Å². The molecule has 0 saturated heterocycles. The molecule has 0 unspecified atom stereocenters. The van der Waals surface area contributed by atoms with E-state index in [1.807, 2.05) is 35.0 Å². The Morgan fingerprint density at radius 2 is 1.92 bits per heavy atom. The number of phenolic OH excluding ortho intramolecular Hbond substituents is 1. The first-order valence-corrected chi connectivity index (χ1v) is 8.31. The molecule has 124 valence electrons. The van der Waals surface area contributed by atoms with Gasteiger partial charge < -0.3 is 10.4 Å². The smallest absolute Gasteiger partial charge is 0.115 e. The van der Waals surface area contributed by atoms with Gasteiger partial charge in [0.1, 0.15) is 5.75 Å². The maximum absolute atomic E-state index is 9.45. The molecular formula is C20H23N3O. The predicted octanol–water partition coefficient (Wildman–Crippen LogP) is 3.61. The maximum Gasteiger partial charge on any atom is 0.115 e. The second kappa shape index (κ2) is 7.79. The van der Waals surface area contributed by atoms with Crippen LogP contribution in [0.25, 0.3) is 5.69 Å². The second-order valence-corrected chi connectivity index (χ2v) is 5.97. The van der Waals surface area contributed by atoms with Gasteiger partial charge in [-0.2, -0.15) is 5.10 Å². The lowest BCUT2D eigenvalue weighted by molar-refractivity contribution is 0.474. The lowest BCUT2D eigenvalue weighted by Crippen LogP contribution is -2.15. The summed E-state index contributed by atoms with van der Waals surface area (Å²) in [5, 5.41) is 17.5. The van der Waals surface area contributed by atoms with E-state index in [9.17, 15) is 5.11 Å². The van der Waals surface area contributed by atoms with E-state index in [4.69, 9.17) is 0 Å². The lowest BCUT2D eigenvalue weighted by Gasteiger charge is -2.05. The van der Waals surface area contributed by atoms with Gasteiger partial charge in [0, 0.05) is 12.7 Å². The Morgan fingerprint density at radius 1 is 1.08 bits per heavy atom. The molecule has 3 rings (SSSR count). The summed E-state index contributed by atoms with van der Waals surface area (Å²) < 4.78 is 1.95. The average molecular weight is 321 g/mol. The number of rotatable bonds is 7. The fourth-order valence-electron chi connectivity index (χ4n) is 2.76. The summed E-state index contributed by atoms with van der Waals surface area (Å²) in [5.74, 6) is 0.318. The Morgan fingerprint density at radius 3 is 2.71 bits per heavy atom. The van der Waals surface area contributed by atoms with Gasteiger partial charge in [0.25, 0.3) is 0 Å². The number of aromatic hydroxyl groups is 1. The SMILES string of the molecule is Cc1nn(-c2ccccc2)cc1CCCNCc1cccc(O)c1.